The maximum absolute atomic E-state index is 12.5. The summed E-state index contributed by atoms with van der Waals surface area (Å²) in [6.45, 7) is 3.87. The van der Waals surface area contributed by atoms with Gasteiger partial charge in [0.1, 0.15) is 11.2 Å². The number of aromatic nitrogens is 2. The van der Waals surface area contributed by atoms with Crippen LogP contribution < -0.4 is 15.8 Å². The summed E-state index contributed by atoms with van der Waals surface area (Å²) < 4.78 is 31.0. The van der Waals surface area contributed by atoms with Gasteiger partial charge in [-0.1, -0.05) is 11.6 Å². The lowest BCUT2D eigenvalue weighted by atomic mass is 9.94. The van der Waals surface area contributed by atoms with E-state index in [9.17, 15) is 13.2 Å². The fourth-order valence-corrected chi connectivity index (χ4v) is 4.73. The Balaban J connectivity index is 1.89. The molecular formula is C18H21ClN6O4S. The molecule has 0 saturated heterocycles. The van der Waals surface area contributed by atoms with E-state index in [0.29, 0.717) is 28.8 Å². The number of rotatable bonds is 5. The van der Waals surface area contributed by atoms with E-state index < -0.39 is 21.5 Å². The Labute approximate surface area is 179 Å². The van der Waals surface area contributed by atoms with Crippen LogP contribution >= 0.6 is 11.6 Å². The van der Waals surface area contributed by atoms with Gasteiger partial charge in [-0.3, -0.25) is 4.79 Å². The van der Waals surface area contributed by atoms with Crippen LogP contribution in [-0.2, 0) is 15.6 Å². The number of aliphatic imine (C=N–C) groups is 1. The lowest BCUT2D eigenvalue weighted by Crippen LogP contribution is -2.50. The molecule has 2 aromatic rings. The van der Waals surface area contributed by atoms with Crippen molar-refractivity contribution in [3.05, 3.63) is 46.9 Å². The summed E-state index contributed by atoms with van der Waals surface area (Å²) in [5, 5.41) is 2.99. The summed E-state index contributed by atoms with van der Waals surface area (Å²) >= 11 is 6.33. The highest BCUT2D eigenvalue weighted by molar-refractivity contribution is 7.89. The van der Waals surface area contributed by atoms with Crippen molar-refractivity contribution in [2.45, 2.75) is 19.4 Å². The van der Waals surface area contributed by atoms with Gasteiger partial charge in [0, 0.05) is 23.3 Å². The molecule has 0 bridgehead atoms. The number of nitrogens with one attached hydrogen (secondary N) is 1. The van der Waals surface area contributed by atoms with Crippen molar-refractivity contribution < 1.29 is 17.9 Å². The second kappa shape index (κ2) is 8.07. The molecule has 1 aliphatic rings. The molecule has 3 N–H and O–H groups in total. The Kier molecular flexibility index (Phi) is 5.86. The molecule has 1 amide bonds. The number of nitrogens with two attached hydrogens (primary N) is 1. The topological polar surface area (TPSA) is 140 Å². The first-order valence-electron chi connectivity index (χ1n) is 8.94. The van der Waals surface area contributed by atoms with Crippen molar-refractivity contribution in [2.24, 2.45) is 10.7 Å². The largest absolute Gasteiger partial charge is 0.477 e. The quantitative estimate of drug-likeness (QED) is 0.701. The first-order valence-corrected chi connectivity index (χ1v) is 10.9. The SMILES string of the molecule is CCOc1cnc(C(=O)Nc2ccc(Cl)c([C@]3(C)CS(=O)(=O)N(C)C(N)=N3)c2)cn1. The summed E-state index contributed by atoms with van der Waals surface area (Å²) in [6, 6.07) is 4.71. The molecule has 12 heteroatoms. The van der Waals surface area contributed by atoms with Gasteiger partial charge in [-0.05, 0) is 32.0 Å². The van der Waals surface area contributed by atoms with Crippen LogP contribution in [0.25, 0.3) is 0 Å². The van der Waals surface area contributed by atoms with E-state index in [4.69, 9.17) is 22.1 Å². The van der Waals surface area contributed by atoms with E-state index in [0.717, 1.165) is 4.31 Å². The van der Waals surface area contributed by atoms with Crippen LogP contribution in [-0.4, -0.2) is 54.0 Å². The summed E-state index contributed by atoms with van der Waals surface area (Å²) in [6.07, 6.45) is 2.65. The lowest BCUT2D eigenvalue weighted by molar-refractivity contribution is 0.102. The average Bonchev–Trinajstić information content (AvgIpc) is 2.68. The van der Waals surface area contributed by atoms with E-state index >= 15 is 0 Å². The number of carbonyl (C=O) groups excluding carboxylic acids is 1. The molecule has 0 radical (unpaired) electrons. The lowest BCUT2D eigenvalue weighted by Gasteiger charge is -2.35. The van der Waals surface area contributed by atoms with E-state index in [2.05, 4.69) is 20.3 Å². The molecule has 1 atom stereocenters. The summed E-state index contributed by atoms with van der Waals surface area (Å²) in [5.41, 5.74) is 5.48. The van der Waals surface area contributed by atoms with Crippen LogP contribution in [0, 0.1) is 0 Å². The van der Waals surface area contributed by atoms with Gasteiger partial charge in [0.25, 0.3) is 5.91 Å². The van der Waals surface area contributed by atoms with Crippen molar-refractivity contribution >= 4 is 39.2 Å². The van der Waals surface area contributed by atoms with Crippen LogP contribution in [0.5, 0.6) is 5.88 Å². The van der Waals surface area contributed by atoms with Gasteiger partial charge >= 0.3 is 0 Å². The molecule has 10 nitrogen and oxygen atoms in total. The van der Waals surface area contributed by atoms with E-state index in [1.807, 2.05) is 6.92 Å². The van der Waals surface area contributed by atoms with Crippen molar-refractivity contribution in [3.63, 3.8) is 0 Å². The van der Waals surface area contributed by atoms with Gasteiger partial charge in [-0.15, -0.1) is 0 Å². The number of hydrogen-bond acceptors (Lipinski definition) is 8. The first-order chi connectivity index (χ1) is 14.1. The molecule has 160 valence electrons. The fraction of sp³-hybridized carbons (Fsp3) is 0.333. The van der Waals surface area contributed by atoms with Crippen molar-refractivity contribution in [3.8, 4) is 5.88 Å². The van der Waals surface area contributed by atoms with Gasteiger partial charge in [0.2, 0.25) is 21.9 Å². The number of benzene rings is 1. The molecule has 0 saturated carbocycles. The predicted octanol–water partition coefficient (Wildman–Crippen LogP) is 1.59. The smallest absolute Gasteiger partial charge is 0.275 e. The summed E-state index contributed by atoms with van der Waals surface area (Å²) in [4.78, 5) is 24.9. The van der Waals surface area contributed by atoms with Gasteiger partial charge in [0.15, 0.2) is 0 Å². The minimum Gasteiger partial charge on any atom is -0.477 e. The Morgan fingerprint density at radius 1 is 1.37 bits per heavy atom. The first kappa shape index (κ1) is 21.8. The van der Waals surface area contributed by atoms with Crippen molar-refractivity contribution in [1.29, 1.82) is 0 Å². The Hall–Kier alpha value is -2.92. The molecule has 3 rings (SSSR count). The van der Waals surface area contributed by atoms with Crippen LogP contribution in [0.15, 0.2) is 35.6 Å². The Morgan fingerprint density at radius 2 is 2.10 bits per heavy atom. The number of amides is 1. The second-order valence-electron chi connectivity index (χ2n) is 6.79. The monoisotopic (exact) mass is 452 g/mol. The third kappa shape index (κ3) is 4.31. The molecule has 30 heavy (non-hydrogen) atoms. The zero-order valence-electron chi connectivity index (χ0n) is 16.6. The molecule has 0 fully saturated rings. The highest BCUT2D eigenvalue weighted by Crippen LogP contribution is 2.37. The minimum atomic E-state index is -3.67. The molecule has 0 spiro atoms. The number of ether oxygens (including phenoxy) is 1. The van der Waals surface area contributed by atoms with Crippen LogP contribution in [0.3, 0.4) is 0 Å². The molecule has 1 aliphatic heterocycles. The van der Waals surface area contributed by atoms with Gasteiger partial charge in [0.05, 0.1) is 24.8 Å². The molecule has 0 aliphatic carbocycles. The number of halogens is 1. The minimum absolute atomic E-state index is 0.0882. The van der Waals surface area contributed by atoms with Crippen molar-refractivity contribution in [1.82, 2.24) is 14.3 Å². The van der Waals surface area contributed by atoms with Crippen molar-refractivity contribution in [2.75, 3.05) is 24.7 Å². The molecule has 0 unspecified atom stereocenters. The van der Waals surface area contributed by atoms with Crippen LogP contribution in [0.1, 0.15) is 29.9 Å². The van der Waals surface area contributed by atoms with Gasteiger partial charge in [-0.2, -0.15) is 0 Å². The third-order valence-electron chi connectivity index (χ3n) is 4.52. The van der Waals surface area contributed by atoms with E-state index in [-0.39, 0.29) is 17.4 Å². The van der Waals surface area contributed by atoms with Gasteiger partial charge in [-0.25, -0.2) is 27.7 Å². The predicted molar refractivity (Wildman–Crippen MR) is 113 cm³/mol. The Bertz CT molecular complexity index is 1110. The maximum atomic E-state index is 12.5. The zero-order chi connectivity index (χ0) is 22.1. The second-order valence-corrected chi connectivity index (χ2v) is 9.20. The number of nitrogens with zero attached hydrogens (tertiary/aromatic N) is 4. The highest BCUT2D eigenvalue weighted by atomic mass is 35.5. The number of sulfonamides is 1. The molecular weight excluding hydrogens is 432 g/mol. The summed E-state index contributed by atoms with van der Waals surface area (Å²) in [7, 11) is -2.33. The number of anilines is 1. The molecule has 2 heterocycles. The standard InChI is InChI=1S/C18H21ClN6O4S/c1-4-29-15-9-21-14(8-22-15)16(26)23-11-5-6-13(19)12(7-11)18(2)10-30(27,28)25(3)17(20)24-18/h5-9H,4,10H2,1-3H3,(H2,20,24)(H,23,26)/t18-/m0/s1. The van der Waals surface area contributed by atoms with Crippen LogP contribution in [0.4, 0.5) is 5.69 Å². The molecule has 1 aromatic carbocycles. The Morgan fingerprint density at radius 3 is 2.70 bits per heavy atom. The fourth-order valence-electron chi connectivity index (χ4n) is 2.95. The number of carbonyl (C=O) groups is 1. The van der Waals surface area contributed by atoms with Gasteiger partial charge < -0.3 is 15.8 Å². The van der Waals surface area contributed by atoms with E-state index in [1.54, 1.807) is 25.1 Å². The zero-order valence-corrected chi connectivity index (χ0v) is 18.2. The maximum Gasteiger partial charge on any atom is 0.275 e. The summed E-state index contributed by atoms with van der Waals surface area (Å²) in [5.74, 6) is -0.643. The highest BCUT2D eigenvalue weighted by Gasteiger charge is 2.41. The van der Waals surface area contributed by atoms with Crippen LogP contribution in [0.2, 0.25) is 5.02 Å². The normalized spacial score (nSPS) is 20.4. The number of hydrogen-bond donors (Lipinski definition) is 2. The average molecular weight is 453 g/mol. The molecule has 1 aromatic heterocycles. The number of guanidine groups is 1. The third-order valence-corrected chi connectivity index (χ3v) is 6.80. The van der Waals surface area contributed by atoms with E-state index in [1.165, 1.54) is 19.4 Å².